The van der Waals surface area contributed by atoms with Crippen LogP contribution in [0, 0.1) is 6.92 Å². The summed E-state index contributed by atoms with van der Waals surface area (Å²) in [5, 5.41) is 0. The van der Waals surface area contributed by atoms with E-state index in [-0.39, 0.29) is 6.04 Å². The van der Waals surface area contributed by atoms with Crippen LogP contribution in [0.3, 0.4) is 0 Å². The van der Waals surface area contributed by atoms with Crippen LogP contribution >= 0.6 is 22.6 Å². The van der Waals surface area contributed by atoms with Crippen LogP contribution in [0.25, 0.3) is 0 Å². The molecule has 1 aliphatic rings. The van der Waals surface area contributed by atoms with Crippen LogP contribution in [0.5, 0.6) is 0 Å². The molecule has 2 aromatic carbocycles. The molecule has 1 saturated heterocycles. The van der Waals surface area contributed by atoms with Gasteiger partial charge in [-0.15, -0.1) is 4.36 Å². The highest BCUT2D eigenvalue weighted by molar-refractivity contribution is 14.1. The fourth-order valence-corrected chi connectivity index (χ4v) is 6.44. The Kier molecular flexibility index (Phi) is 5.91. The van der Waals surface area contributed by atoms with Crippen LogP contribution < -0.4 is 0 Å². The molecule has 0 aliphatic carbocycles. The van der Waals surface area contributed by atoms with Gasteiger partial charge in [-0.2, -0.15) is 0 Å². The van der Waals surface area contributed by atoms with Crippen LogP contribution in [0.2, 0.25) is 0 Å². The Morgan fingerprint density at radius 2 is 1.88 bits per heavy atom. The van der Waals surface area contributed by atoms with Crippen molar-refractivity contribution in [1.29, 1.82) is 0 Å². The molecule has 0 radical (unpaired) electrons. The van der Waals surface area contributed by atoms with Crippen molar-refractivity contribution in [3.8, 4) is 0 Å². The van der Waals surface area contributed by atoms with Crippen molar-refractivity contribution in [3.05, 3.63) is 65.7 Å². The van der Waals surface area contributed by atoms with E-state index in [2.05, 4.69) is 27.0 Å². The largest absolute Gasteiger partial charge is 0.286 e. The lowest BCUT2D eigenvalue weighted by molar-refractivity contribution is 0.100. The summed E-state index contributed by atoms with van der Waals surface area (Å²) in [5.41, 5.74) is 1.55. The van der Waals surface area contributed by atoms with Crippen molar-refractivity contribution in [2.45, 2.75) is 30.7 Å². The van der Waals surface area contributed by atoms with Crippen LogP contribution in [0.1, 0.15) is 28.8 Å². The second kappa shape index (κ2) is 7.97. The number of benzene rings is 2. The van der Waals surface area contributed by atoms with Crippen molar-refractivity contribution in [1.82, 2.24) is 4.31 Å². The summed E-state index contributed by atoms with van der Waals surface area (Å²) in [7, 11) is -2.97. The molecule has 2 unspecified atom stereocenters. The van der Waals surface area contributed by atoms with Gasteiger partial charge in [0.15, 0.2) is 0 Å². The zero-order chi connectivity index (χ0) is 17.9. The molecule has 0 N–H and O–H groups in total. The third kappa shape index (κ3) is 3.96. The Balaban J connectivity index is 2.12. The number of rotatable bonds is 4. The predicted molar refractivity (Wildman–Crippen MR) is 109 cm³/mol. The molecule has 1 amide bonds. The number of hydrogen-bond acceptors (Lipinski definition) is 2. The highest BCUT2D eigenvalue weighted by Gasteiger charge is 2.34. The number of alkyl halides is 1. The van der Waals surface area contributed by atoms with Crippen LogP contribution in [0.4, 0.5) is 0 Å². The Hall–Kier alpha value is -1.25. The summed E-state index contributed by atoms with van der Waals surface area (Å²) in [6.07, 6.45) is 1.96. The van der Waals surface area contributed by atoms with Gasteiger partial charge in [-0.1, -0.05) is 58.5 Å². The predicted octanol–water partition coefficient (Wildman–Crippen LogP) is 4.48. The topological polar surface area (TPSA) is 49.7 Å². The quantitative estimate of drug-likeness (QED) is 0.491. The molecule has 0 saturated carbocycles. The van der Waals surface area contributed by atoms with E-state index in [0.717, 1.165) is 22.8 Å². The Morgan fingerprint density at radius 3 is 2.52 bits per heavy atom. The van der Waals surface area contributed by atoms with E-state index in [1.165, 1.54) is 0 Å². The maximum atomic E-state index is 14.0. The van der Waals surface area contributed by atoms with Gasteiger partial charge in [0.25, 0.3) is 5.91 Å². The number of carbonyl (C=O) groups is 1. The molecule has 1 heterocycles. The lowest BCUT2D eigenvalue weighted by Gasteiger charge is -2.26. The summed E-state index contributed by atoms with van der Waals surface area (Å²) < 4.78 is 21.1. The maximum Gasteiger partial charge on any atom is 0.286 e. The van der Waals surface area contributed by atoms with E-state index in [1.54, 1.807) is 24.3 Å². The van der Waals surface area contributed by atoms with Crippen LogP contribution in [-0.2, 0) is 9.92 Å². The summed E-state index contributed by atoms with van der Waals surface area (Å²) in [6.45, 7) is 2.69. The van der Waals surface area contributed by atoms with Gasteiger partial charge in [-0.05, 0) is 44.0 Å². The first-order valence-electron chi connectivity index (χ1n) is 8.30. The number of carbonyl (C=O) groups excluding carboxylic acids is 1. The fraction of sp³-hybridized carbons (Fsp3) is 0.316. The maximum absolute atomic E-state index is 14.0. The van der Waals surface area contributed by atoms with Gasteiger partial charge in [0.2, 0.25) is 0 Å². The smallest absolute Gasteiger partial charge is 0.266 e. The number of amides is 1. The number of halogens is 1. The van der Waals surface area contributed by atoms with E-state index < -0.39 is 15.8 Å². The van der Waals surface area contributed by atoms with Gasteiger partial charge in [0, 0.05) is 22.6 Å². The van der Waals surface area contributed by atoms with Crippen LogP contribution in [-0.4, -0.2) is 31.4 Å². The highest BCUT2D eigenvalue weighted by atomic mass is 127. The van der Waals surface area contributed by atoms with Crippen LogP contribution in [0.15, 0.2) is 63.9 Å². The Labute approximate surface area is 163 Å². The molecule has 25 heavy (non-hydrogen) atoms. The van der Waals surface area contributed by atoms with Gasteiger partial charge in [0.1, 0.15) is 9.92 Å². The average Bonchev–Trinajstić information content (AvgIpc) is 3.12. The lowest BCUT2D eigenvalue weighted by Crippen LogP contribution is -2.36. The minimum atomic E-state index is -2.97. The molecule has 1 aliphatic heterocycles. The zero-order valence-corrected chi connectivity index (χ0v) is 17.1. The molecule has 4 nitrogen and oxygen atoms in total. The average molecular weight is 468 g/mol. The van der Waals surface area contributed by atoms with Crippen molar-refractivity contribution in [2.75, 3.05) is 11.0 Å². The molecular weight excluding hydrogens is 447 g/mol. The highest BCUT2D eigenvalue weighted by Crippen LogP contribution is 2.29. The number of aryl methyl sites for hydroxylation is 1. The van der Waals surface area contributed by atoms with Crippen molar-refractivity contribution in [3.63, 3.8) is 0 Å². The number of hydrogen-bond donors (Lipinski definition) is 0. The van der Waals surface area contributed by atoms with Gasteiger partial charge in [-0.25, -0.2) is 8.51 Å². The van der Waals surface area contributed by atoms with E-state index >= 15 is 0 Å². The second-order valence-corrected chi connectivity index (χ2v) is 9.16. The van der Waals surface area contributed by atoms with Crippen molar-refractivity contribution >= 4 is 38.4 Å². The zero-order valence-electron chi connectivity index (χ0n) is 14.1. The molecule has 1 fully saturated rings. The summed E-state index contributed by atoms with van der Waals surface area (Å²) in [6, 6.07) is 16.5. The fourth-order valence-electron chi connectivity index (χ4n) is 2.99. The summed E-state index contributed by atoms with van der Waals surface area (Å²) >= 11 is 2.32. The van der Waals surface area contributed by atoms with E-state index in [4.69, 9.17) is 0 Å². The molecule has 0 spiro atoms. The molecule has 6 heteroatoms. The molecule has 132 valence electrons. The first kappa shape index (κ1) is 18.5. The van der Waals surface area contributed by atoms with E-state index in [1.807, 2.05) is 41.6 Å². The van der Waals surface area contributed by atoms with Crippen molar-refractivity contribution < 1.29 is 9.00 Å². The normalized spacial score (nSPS) is 20.2. The van der Waals surface area contributed by atoms with Gasteiger partial charge in [-0.3, -0.25) is 4.79 Å². The monoisotopic (exact) mass is 468 g/mol. The lowest BCUT2D eigenvalue weighted by atomic mass is 10.2. The molecule has 0 bridgehead atoms. The SMILES string of the molecule is Cc1ccc(S(=O)(=NC(=O)c2ccccc2)N2CCCC2CI)cc1. The molecule has 2 atom stereocenters. The first-order chi connectivity index (χ1) is 12.0. The molecule has 0 aromatic heterocycles. The Morgan fingerprint density at radius 1 is 1.20 bits per heavy atom. The minimum Gasteiger partial charge on any atom is -0.266 e. The van der Waals surface area contributed by atoms with Gasteiger partial charge in [0.05, 0.1) is 4.90 Å². The Bertz CT molecular complexity index is 859. The second-order valence-electron chi connectivity index (χ2n) is 6.16. The number of nitrogens with zero attached hydrogens (tertiary/aromatic N) is 2. The van der Waals surface area contributed by atoms with E-state index in [0.29, 0.717) is 17.0 Å². The van der Waals surface area contributed by atoms with E-state index in [9.17, 15) is 9.00 Å². The standard InChI is InChI=1S/C19H21IN2O2S/c1-15-9-11-18(12-10-15)25(24,22-13-5-8-17(22)14-20)21-19(23)16-6-3-2-4-7-16/h2-4,6-7,9-12,17H,5,8,13-14H2,1H3. The summed E-state index contributed by atoms with van der Waals surface area (Å²) in [4.78, 5) is 13.3. The minimum absolute atomic E-state index is 0.182. The third-order valence-electron chi connectivity index (χ3n) is 4.37. The summed E-state index contributed by atoms with van der Waals surface area (Å²) in [5.74, 6) is -0.426. The molecular formula is C19H21IN2O2S. The molecule has 2 aromatic rings. The van der Waals surface area contributed by atoms with Gasteiger partial charge >= 0.3 is 0 Å². The third-order valence-corrected chi connectivity index (χ3v) is 7.81. The van der Waals surface area contributed by atoms with Gasteiger partial charge < -0.3 is 0 Å². The molecule has 3 rings (SSSR count). The first-order valence-corrected chi connectivity index (χ1v) is 11.3. The van der Waals surface area contributed by atoms with Crippen molar-refractivity contribution in [2.24, 2.45) is 4.36 Å².